The summed E-state index contributed by atoms with van der Waals surface area (Å²) in [6.45, 7) is 6.25. The Morgan fingerprint density at radius 3 is 0.699 bits per heavy atom. The van der Waals surface area contributed by atoms with Gasteiger partial charge in [0.05, 0.1) is 0 Å². The summed E-state index contributed by atoms with van der Waals surface area (Å²) in [5.41, 5.74) is 0. The molecular weight excluding hydrogens is 1020 g/mol. The van der Waals surface area contributed by atoms with E-state index in [9.17, 15) is 14.4 Å². The smallest absolute Gasteiger partial charge is 0.306 e. The molecule has 0 saturated carbocycles. The van der Waals surface area contributed by atoms with Crippen molar-refractivity contribution >= 4 is 17.9 Å². The number of hydrogen-bond acceptors (Lipinski definition) is 6. The number of carbonyl (C=O) groups is 3. The molecule has 0 bridgehead atoms. The summed E-state index contributed by atoms with van der Waals surface area (Å²) in [6.07, 6.45) is 102. The summed E-state index contributed by atoms with van der Waals surface area (Å²) >= 11 is 0. The maximum Gasteiger partial charge on any atom is 0.306 e. The molecule has 0 rings (SSSR count). The van der Waals surface area contributed by atoms with Crippen LogP contribution in [0.4, 0.5) is 0 Å². The summed E-state index contributed by atoms with van der Waals surface area (Å²) < 4.78 is 16.9. The number of carbonyl (C=O) groups excluding carboxylic acids is 3. The second-order valence-corrected chi connectivity index (χ2v) is 21.6. The first-order chi connectivity index (χ1) is 41.0. The highest BCUT2D eigenvalue weighted by Gasteiger charge is 2.19. The normalized spacial score (nSPS) is 13.2. The Balaban J connectivity index is 4.44. The lowest BCUT2D eigenvalue weighted by molar-refractivity contribution is -0.167. The van der Waals surface area contributed by atoms with Crippen molar-refractivity contribution in [3.05, 3.63) is 170 Å². The maximum atomic E-state index is 13.0. The van der Waals surface area contributed by atoms with Crippen molar-refractivity contribution in [2.24, 2.45) is 0 Å². The first-order valence-corrected chi connectivity index (χ1v) is 33.6. The Morgan fingerprint density at radius 2 is 0.434 bits per heavy atom. The molecule has 6 heteroatoms. The minimum absolute atomic E-state index is 0.107. The molecule has 0 aliphatic heterocycles. The number of ether oxygens (including phenoxy) is 3. The molecular formula is C77H122O6. The largest absolute Gasteiger partial charge is 0.462 e. The molecule has 0 aromatic heterocycles. The molecule has 0 aliphatic rings. The van der Waals surface area contributed by atoms with E-state index >= 15 is 0 Å². The average Bonchev–Trinajstić information content (AvgIpc) is 3.49. The van der Waals surface area contributed by atoms with Gasteiger partial charge in [-0.05, 0) is 148 Å². The molecule has 0 N–H and O–H groups in total. The minimum atomic E-state index is -0.814. The molecule has 0 saturated heterocycles. The van der Waals surface area contributed by atoms with E-state index in [2.05, 4.69) is 191 Å². The molecule has 1 atom stereocenters. The molecule has 1 unspecified atom stereocenters. The molecule has 0 aromatic rings. The predicted molar refractivity (Wildman–Crippen MR) is 361 cm³/mol. The standard InChI is InChI=1S/C77H122O6/c1-4-7-10-13-16-19-22-25-28-30-32-34-36-38-40-42-44-46-49-52-55-58-61-64-67-70-76(79)82-73-74(72-81-75(78)69-66-63-60-57-54-51-48-27-24-21-18-15-12-9-6-3)83-77(80)71-68-65-62-59-56-53-50-47-45-43-41-39-37-35-33-31-29-26-23-20-17-14-11-8-5-2/h7-12,16-21,25-29,32-35,38,40,44,46,48,54,57,74H,4-6,13-15,22-24,30-31,36-37,39,41-43,45,47,49-53,55-56,58-73H2,1-3H3/b10-7-,11-8-,12-9-,19-16-,20-17-,21-18-,28-25-,29-26-,34-32-,35-33-,40-38-,46-44-,48-27-,57-54-. The van der Waals surface area contributed by atoms with Crippen molar-refractivity contribution in [3.8, 4) is 0 Å². The predicted octanol–water partition coefficient (Wildman–Crippen LogP) is 23.4. The Kier molecular flexibility index (Phi) is 64.9. The van der Waals surface area contributed by atoms with E-state index in [1.54, 1.807) is 0 Å². The topological polar surface area (TPSA) is 78.9 Å². The van der Waals surface area contributed by atoms with Crippen LogP contribution < -0.4 is 0 Å². The highest BCUT2D eigenvalue weighted by Crippen LogP contribution is 2.15. The van der Waals surface area contributed by atoms with Crippen molar-refractivity contribution in [3.63, 3.8) is 0 Å². The van der Waals surface area contributed by atoms with E-state index in [1.807, 2.05) is 0 Å². The second kappa shape index (κ2) is 69.3. The number of unbranched alkanes of at least 4 members (excludes halogenated alkanes) is 20. The lowest BCUT2D eigenvalue weighted by Crippen LogP contribution is -2.30. The van der Waals surface area contributed by atoms with Gasteiger partial charge >= 0.3 is 17.9 Å². The van der Waals surface area contributed by atoms with E-state index in [1.165, 1.54) is 77.0 Å². The van der Waals surface area contributed by atoms with Gasteiger partial charge < -0.3 is 14.2 Å². The molecule has 0 radical (unpaired) electrons. The van der Waals surface area contributed by atoms with Crippen molar-refractivity contribution in [2.45, 2.75) is 284 Å². The third kappa shape index (κ3) is 67.4. The van der Waals surface area contributed by atoms with Crippen LogP contribution in [-0.2, 0) is 28.6 Å². The van der Waals surface area contributed by atoms with Crippen molar-refractivity contribution in [1.82, 2.24) is 0 Å². The van der Waals surface area contributed by atoms with Gasteiger partial charge in [0.15, 0.2) is 6.10 Å². The highest BCUT2D eigenvalue weighted by molar-refractivity contribution is 5.71. The van der Waals surface area contributed by atoms with Gasteiger partial charge in [-0.15, -0.1) is 0 Å². The number of allylic oxidation sites excluding steroid dienone is 28. The zero-order valence-electron chi connectivity index (χ0n) is 53.4. The molecule has 0 heterocycles. The van der Waals surface area contributed by atoms with Gasteiger partial charge in [0.25, 0.3) is 0 Å². The Labute approximate surface area is 511 Å². The van der Waals surface area contributed by atoms with Gasteiger partial charge in [-0.2, -0.15) is 0 Å². The fourth-order valence-corrected chi connectivity index (χ4v) is 8.78. The lowest BCUT2D eigenvalue weighted by Gasteiger charge is -2.18. The average molecular weight is 1140 g/mol. The fraction of sp³-hybridized carbons (Fsp3) is 0.597. The summed E-state index contributed by atoms with van der Waals surface area (Å²) in [5, 5.41) is 0. The molecule has 0 aromatic carbocycles. The van der Waals surface area contributed by atoms with E-state index in [4.69, 9.17) is 14.2 Å². The monoisotopic (exact) mass is 1140 g/mol. The first kappa shape index (κ1) is 77.8. The quantitative estimate of drug-likeness (QED) is 0.0261. The third-order valence-corrected chi connectivity index (χ3v) is 13.7. The summed E-state index contributed by atoms with van der Waals surface area (Å²) in [5.74, 6) is -0.966. The van der Waals surface area contributed by atoms with Crippen LogP contribution in [0.2, 0.25) is 0 Å². The van der Waals surface area contributed by atoms with Crippen LogP contribution in [-0.4, -0.2) is 37.2 Å². The summed E-state index contributed by atoms with van der Waals surface area (Å²) in [7, 11) is 0. The van der Waals surface area contributed by atoms with Crippen LogP contribution in [0.3, 0.4) is 0 Å². The van der Waals surface area contributed by atoms with E-state index in [-0.39, 0.29) is 31.1 Å². The third-order valence-electron chi connectivity index (χ3n) is 13.7. The molecule has 0 amide bonds. The summed E-state index contributed by atoms with van der Waals surface area (Å²) in [6, 6.07) is 0. The molecule has 466 valence electrons. The molecule has 83 heavy (non-hydrogen) atoms. The maximum absolute atomic E-state index is 13.0. The number of esters is 3. The van der Waals surface area contributed by atoms with Crippen LogP contribution in [0.15, 0.2) is 170 Å². The molecule has 0 aliphatic carbocycles. The Hall–Kier alpha value is -5.23. The second-order valence-electron chi connectivity index (χ2n) is 21.6. The van der Waals surface area contributed by atoms with Crippen LogP contribution in [0.1, 0.15) is 278 Å². The Morgan fingerprint density at radius 1 is 0.241 bits per heavy atom. The Bertz CT molecular complexity index is 1890. The molecule has 0 spiro atoms. The van der Waals surface area contributed by atoms with Crippen LogP contribution >= 0.6 is 0 Å². The highest BCUT2D eigenvalue weighted by atomic mass is 16.6. The van der Waals surface area contributed by atoms with Crippen molar-refractivity contribution in [1.29, 1.82) is 0 Å². The van der Waals surface area contributed by atoms with Crippen LogP contribution in [0, 0.1) is 0 Å². The molecule has 6 nitrogen and oxygen atoms in total. The zero-order valence-corrected chi connectivity index (χ0v) is 53.4. The van der Waals surface area contributed by atoms with Gasteiger partial charge in [-0.3, -0.25) is 14.4 Å². The lowest BCUT2D eigenvalue weighted by atomic mass is 10.0. The van der Waals surface area contributed by atoms with Gasteiger partial charge in [0.2, 0.25) is 0 Å². The number of hydrogen-bond donors (Lipinski definition) is 0. The van der Waals surface area contributed by atoms with Crippen LogP contribution in [0.5, 0.6) is 0 Å². The van der Waals surface area contributed by atoms with E-state index in [0.717, 1.165) is 154 Å². The van der Waals surface area contributed by atoms with Gasteiger partial charge in [0, 0.05) is 19.3 Å². The van der Waals surface area contributed by atoms with Gasteiger partial charge in [-0.25, -0.2) is 0 Å². The van der Waals surface area contributed by atoms with Crippen LogP contribution in [0.25, 0.3) is 0 Å². The van der Waals surface area contributed by atoms with Crippen molar-refractivity contribution in [2.75, 3.05) is 13.2 Å². The van der Waals surface area contributed by atoms with E-state index in [0.29, 0.717) is 25.7 Å². The fourth-order valence-electron chi connectivity index (χ4n) is 8.78. The zero-order chi connectivity index (χ0) is 59.9. The minimum Gasteiger partial charge on any atom is -0.462 e. The molecule has 0 fully saturated rings. The van der Waals surface area contributed by atoms with Gasteiger partial charge in [-0.1, -0.05) is 281 Å². The van der Waals surface area contributed by atoms with E-state index < -0.39 is 6.10 Å². The van der Waals surface area contributed by atoms with Crippen molar-refractivity contribution < 1.29 is 28.6 Å². The number of rotatable bonds is 59. The summed E-state index contributed by atoms with van der Waals surface area (Å²) in [4.78, 5) is 38.4. The SMILES string of the molecule is CC/C=C\C/C=C\C/C=C\C/C=C\C/C=C\C/C=C\CCCCCCCCC(=O)OCC(COC(=O)CCCC/C=C\C/C=C\C/C=C\C/C=C\CC)OC(=O)CCCCCCCCCCCCCC/C=C\C/C=C\C/C=C\C/C=C\CC. The first-order valence-electron chi connectivity index (χ1n) is 33.6. The van der Waals surface area contributed by atoms with Gasteiger partial charge in [0.1, 0.15) is 13.2 Å².